The Morgan fingerprint density at radius 1 is 1.28 bits per heavy atom. The van der Waals surface area contributed by atoms with Crippen LogP contribution < -0.4 is 9.29 Å². The maximum absolute atomic E-state index is 12.5. The van der Waals surface area contributed by atoms with Crippen LogP contribution in [0, 0.1) is 0 Å². The highest BCUT2D eigenvalue weighted by atomic mass is 35.5. The largest absolute Gasteiger partial charge is 0.356 e. The minimum absolute atomic E-state index is 0.112. The van der Waals surface area contributed by atoms with Gasteiger partial charge < -0.3 is 4.90 Å². The fourth-order valence-electron chi connectivity index (χ4n) is 4.82. The molecule has 0 radical (unpaired) electrons. The third kappa shape index (κ3) is 8.11. The van der Waals surface area contributed by atoms with Gasteiger partial charge in [0.25, 0.3) is 16.8 Å². The second kappa shape index (κ2) is 11.9. The normalized spacial score (nSPS) is 23.7. The van der Waals surface area contributed by atoms with E-state index in [-0.39, 0.29) is 16.7 Å². The van der Waals surface area contributed by atoms with Gasteiger partial charge in [-0.15, -0.1) is 11.6 Å². The van der Waals surface area contributed by atoms with E-state index in [2.05, 4.69) is 0 Å². The fourth-order valence-corrected chi connectivity index (χ4v) is 9.06. The molecular formula is C24H30Cl2N3O6S4+. The van der Waals surface area contributed by atoms with E-state index in [9.17, 15) is 26.2 Å². The highest BCUT2D eigenvalue weighted by Gasteiger charge is 2.44. The molecule has 0 atom stereocenters. The molecule has 39 heavy (non-hydrogen) atoms. The van der Waals surface area contributed by atoms with Crippen molar-refractivity contribution in [3.8, 4) is 0 Å². The number of fused-ring (bicyclic) bond motifs is 1. The monoisotopic (exact) mass is 654 g/mol. The molecule has 0 unspecified atom stereocenters. The van der Waals surface area contributed by atoms with Gasteiger partial charge >= 0.3 is 10.1 Å². The number of nitrogens with zero attached hydrogens (tertiary/aromatic N) is 2. The average Bonchev–Trinajstić information content (AvgIpc) is 3.30. The number of rotatable bonds is 8. The first kappa shape index (κ1) is 30.6. The second-order valence-electron chi connectivity index (χ2n) is 9.86. The maximum Gasteiger partial charge on any atom is 0.326 e. The Morgan fingerprint density at radius 3 is 2.59 bits per heavy atom. The molecule has 2 N–H and O–H groups in total. The number of halogens is 2. The van der Waals surface area contributed by atoms with Gasteiger partial charge in [-0.2, -0.15) is 13.0 Å². The molecule has 1 aromatic heterocycles. The molecule has 15 heteroatoms. The SMILES string of the molecule is CCC(/C=C1\SC2(CCC(Cl)CC2)CN1CC(=O)NS(C)(=O)=O)=C\c1sc2ccc(Cl)cc2[n+]1CS(=O)(=O)O. The van der Waals surface area contributed by atoms with Crippen LogP contribution in [0.3, 0.4) is 0 Å². The van der Waals surface area contributed by atoms with Crippen LogP contribution in [-0.4, -0.2) is 61.7 Å². The Labute approximate surface area is 247 Å². The second-order valence-corrected chi connectivity index (χ2v) is 16.6. The first-order chi connectivity index (χ1) is 18.2. The van der Waals surface area contributed by atoms with Crippen molar-refractivity contribution >= 4 is 88.6 Å². The number of benzene rings is 1. The first-order valence-corrected chi connectivity index (χ1v) is 18.2. The van der Waals surface area contributed by atoms with Crippen molar-refractivity contribution in [2.45, 2.75) is 55.0 Å². The van der Waals surface area contributed by atoms with Crippen LogP contribution in [0.25, 0.3) is 16.3 Å². The molecule has 1 saturated carbocycles. The zero-order valence-electron chi connectivity index (χ0n) is 21.4. The number of carbonyl (C=O) groups excluding carboxylic acids is 1. The first-order valence-electron chi connectivity index (χ1n) is 12.2. The van der Waals surface area contributed by atoms with Gasteiger partial charge in [-0.05, 0) is 55.9 Å². The van der Waals surface area contributed by atoms with E-state index in [0.717, 1.165) is 47.2 Å². The predicted octanol–water partition coefficient (Wildman–Crippen LogP) is 4.37. The number of alkyl halides is 1. The average molecular weight is 656 g/mol. The van der Waals surface area contributed by atoms with Crippen molar-refractivity contribution in [1.29, 1.82) is 0 Å². The van der Waals surface area contributed by atoms with E-state index in [1.54, 1.807) is 30.0 Å². The van der Waals surface area contributed by atoms with E-state index in [1.807, 2.05) is 28.7 Å². The van der Waals surface area contributed by atoms with Gasteiger partial charge in [-0.3, -0.25) is 14.1 Å². The van der Waals surface area contributed by atoms with Gasteiger partial charge in [0.05, 0.1) is 17.8 Å². The molecule has 214 valence electrons. The van der Waals surface area contributed by atoms with Gasteiger partial charge in [0.2, 0.25) is 15.5 Å². The highest BCUT2D eigenvalue weighted by Crippen LogP contribution is 2.51. The number of hydrogen-bond donors (Lipinski definition) is 2. The van der Waals surface area contributed by atoms with Crippen LogP contribution >= 0.6 is 46.3 Å². The number of nitrogens with one attached hydrogen (secondary N) is 1. The molecule has 1 amide bonds. The summed E-state index contributed by atoms with van der Waals surface area (Å²) in [6, 6.07) is 5.18. The molecule has 1 aromatic carbocycles. The third-order valence-corrected chi connectivity index (χ3v) is 11.1. The van der Waals surface area contributed by atoms with Crippen molar-refractivity contribution in [1.82, 2.24) is 9.62 Å². The van der Waals surface area contributed by atoms with E-state index < -0.39 is 31.9 Å². The Kier molecular flexibility index (Phi) is 9.31. The molecule has 1 spiro atoms. The molecule has 2 heterocycles. The number of amides is 1. The summed E-state index contributed by atoms with van der Waals surface area (Å²) in [5.41, 5.74) is 1.46. The topological polar surface area (TPSA) is 125 Å². The van der Waals surface area contributed by atoms with Crippen LogP contribution in [-0.2, 0) is 30.8 Å². The zero-order chi connectivity index (χ0) is 28.6. The lowest BCUT2D eigenvalue weighted by Gasteiger charge is -2.33. The molecule has 4 rings (SSSR count). The molecule has 0 bridgehead atoms. The van der Waals surface area contributed by atoms with Crippen molar-refractivity contribution in [3.05, 3.63) is 44.9 Å². The summed E-state index contributed by atoms with van der Waals surface area (Å²) in [5.74, 6) is -1.23. The molecule has 1 saturated heterocycles. The number of thioether (sulfide) groups is 1. The van der Waals surface area contributed by atoms with E-state index in [0.29, 0.717) is 28.5 Å². The Bertz CT molecular complexity index is 1540. The summed E-state index contributed by atoms with van der Waals surface area (Å²) >= 11 is 15.6. The number of aromatic nitrogens is 1. The Balaban J connectivity index is 1.73. The Hall–Kier alpha value is -1.35. The summed E-state index contributed by atoms with van der Waals surface area (Å²) in [6.45, 7) is 2.44. The van der Waals surface area contributed by atoms with Gasteiger partial charge in [-0.25, -0.2) is 8.42 Å². The van der Waals surface area contributed by atoms with Crippen molar-refractivity contribution in [3.63, 3.8) is 0 Å². The van der Waals surface area contributed by atoms with E-state index in [1.165, 1.54) is 15.9 Å². The van der Waals surface area contributed by atoms with Gasteiger partial charge in [-0.1, -0.05) is 41.6 Å². The number of carbonyl (C=O) groups is 1. The van der Waals surface area contributed by atoms with Crippen LogP contribution in [0.2, 0.25) is 5.02 Å². The molecule has 2 fully saturated rings. The predicted molar refractivity (Wildman–Crippen MR) is 158 cm³/mol. The highest BCUT2D eigenvalue weighted by molar-refractivity contribution is 8.04. The molecule has 9 nitrogen and oxygen atoms in total. The maximum atomic E-state index is 12.5. The fraction of sp³-hybridized carbons (Fsp3) is 0.500. The zero-order valence-corrected chi connectivity index (χ0v) is 26.2. The number of hydrogen-bond acceptors (Lipinski definition) is 8. The summed E-state index contributed by atoms with van der Waals surface area (Å²) in [4.78, 5) is 14.4. The lowest BCUT2D eigenvalue weighted by Crippen LogP contribution is -2.41. The standard InChI is InChI=1S/C24H29Cl2N3O6S4/c1-3-16(11-23-29(15-39(33,34)35)19-12-18(26)4-5-20(19)36-23)10-22-28(13-21(30)27-38(2,31)32)14-24(37-22)8-6-17(25)7-9-24/h4-5,10-12,17H,3,6-9,13-15H2,1-2H3,(H-,27,30,33,34,35)/p+1. The van der Waals surface area contributed by atoms with Crippen LogP contribution in [0.1, 0.15) is 44.0 Å². The summed E-state index contributed by atoms with van der Waals surface area (Å²) in [5, 5.41) is 2.02. The third-order valence-electron chi connectivity index (χ3n) is 6.58. The Morgan fingerprint density at radius 2 is 1.97 bits per heavy atom. The van der Waals surface area contributed by atoms with Crippen molar-refractivity contribution < 1.29 is 30.7 Å². The molecule has 1 aliphatic heterocycles. The summed E-state index contributed by atoms with van der Waals surface area (Å²) in [6.07, 6.45) is 8.87. The van der Waals surface area contributed by atoms with Gasteiger partial charge in [0, 0.05) is 33.8 Å². The molecular weight excluding hydrogens is 625 g/mol. The quantitative estimate of drug-likeness (QED) is 0.244. The summed E-state index contributed by atoms with van der Waals surface area (Å²) < 4.78 is 60.7. The lowest BCUT2D eigenvalue weighted by atomic mass is 9.87. The number of sulfonamides is 1. The van der Waals surface area contributed by atoms with Crippen molar-refractivity contribution in [2.75, 3.05) is 19.3 Å². The van der Waals surface area contributed by atoms with E-state index >= 15 is 0 Å². The lowest BCUT2D eigenvalue weighted by molar-refractivity contribution is -0.649. The molecule has 1 aliphatic carbocycles. The number of allylic oxidation sites excluding steroid dienone is 2. The van der Waals surface area contributed by atoms with Crippen LogP contribution in [0.15, 0.2) is 34.9 Å². The number of thiazole rings is 1. The minimum Gasteiger partial charge on any atom is -0.356 e. The summed E-state index contributed by atoms with van der Waals surface area (Å²) in [7, 11) is -8.02. The molecule has 2 aliphatic rings. The minimum atomic E-state index is -4.33. The van der Waals surface area contributed by atoms with Gasteiger partial charge in [0.1, 0.15) is 4.70 Å². The van der Waals surface area contributed by atoms with E-state index in [4.69, 9.17) is 23.2 Å². The molecule has 2 aromatic rings. The van der Waals surface area contributed by atoms with Crippen LogP contribution in [0.4, 0.5) is 0 Å². The smallest absolute Gasteiger partial charge is 0.326 e. The van der Waals surface area contributed by atoms with Crippen LogP contribution in [0.5, 0.6) is 0 Å². The van der Waals surface area contributed by atoms with Crippen molar-refractivity contribution in [2.24, 2.45) is 0 Å². The van der Waals surface area contributed by atoms with Gasteiger partial charge in [0.15, 0.2) is 0 Å².